The van der Waals surface area contributed by atoms with Crippen LogP contribution in [0.15, 0.2) is 78.9 Å². The average Bonchev–Trinajstić information content (AvgIpc) is 3.51. The van der Waals surface area contributed by atoms with Crippen LogP contribution in [0.1, 0.15) is 43.4 Å². The van der Waals surface area contributed by atoms with Crippen molar-refractivity contribution >= 4 is 11.7 Å². The maximum absolute atomic E-state index is 13.9. The molecular formula is C32H36N2O3. The van der Waals surface area contributed by atoms with Crippen LogP contribution in [0.4, 0.5) is 0 Å². The number of Topliss-reactive ketones (excluding diaryl/α,β-unsaturated/α-hetero) is 1. The van der Waals surface area contributed by atoms with Crippen LogP contribution < -0.4 is 0 Å². The summed E-state index contributed by atoms with van der Waals surface area (Å²) >= 11 is 0. The third kappa shape index (κ3) is 5.53. The van der Waals surface area contributed by atoms with Gasteiger partial charge in [-0.15, -0.1) is 0 Å². The van der Waals surface area contributed by atoms with Gasteiger partial charge in [0.2, 0.25) is 5.91 Å². The van der Waals surface area contributed by atoms with Gasteiger partial charge in [0.1, 0.15) is 0 Å². The van der Waals surface area contributed by atoms with Crippen LogP contribution in [0.5, 0.6) is 0 Å². The number of benzene rings is 3. The number of carbonyl (C=O) groups is 2. The maximum atomic E-state index is 13.9. The lowest BCUT2D eigenvalue weighted by molar-refractivity contribution is -0.144. The van der Waals surface area contributed by atoms with E-state index in [4.69, 9.17) is 0 Å². The van der Waals surface area contributed by atoms with Gasteiger partial charge in [-0.25, -0.2) is 0 Å². The summed E-state index contributed by atoms with van der Waals surface area (Å²) < 4.78 is 0. The van der Waals surface area contributed by atoms with E-state index in [9.17, 15) is 14.7 Å². The number of nitrogens with zero attached hydrogens (tertiary/aromatic N) is 2. The Balaban J connectivity index is 1.24. The second-order valence-electron chi connectivity index (χ2n) is 10.8. The molecular weight excluding hydrogens is 460 g/mol. The predicted octanol–water partition coefficient (Wildman–Crippen LogP) is 4.86. The topological polar surface area (TPSA) is 60.9 Å². The molecule has 2 aliphatic heterocycles. The Kier molecular flexibility index (Phi) is 7.54. The molecule has 0 saturated carbocycles. The number of aryl methyl sites for hydroxylation is 1. The first-order chi connectivity index (χ1) is 17.9. The van der Waals surface area contributed by atoms with Crippen LogP contribution >= 0.6 is 0 Å². The molecule has 1 fully saturated rings. The molecule has 5 heteroatoms. The zero-order valence-electron chi connectivity index (χ0n) is 21.7. The van der Waals surface area contributed by atoms with E-state index in [2.05, 4.69) is 67.3 Å². The van der Waals surface area contributed by atoms with Crippen LogP contribution in [-0.4, -0.2) is 51.3 Å². The fraction of sp³-hybridized carbons (Fsp3) is 0.375. The summed E-state index contributed by atoms with van der Waals surface area (Å²) in [5.41, 5.74) is 5.93. The molecule has 192 valence electrons. The molecule has 0 aliphatic carbocycles. The van der Waals surface area contributed by atoms with Gasteiger partial charge in [-0.1, -0.05) is 92.7 Å². The number of amides is 1. The second-order valence-corrected chi connectivity index (χ2v) is 10.8. The Morgan fingerprint density at radius 3 is 2.08 bits per heavy atom. The lowest BCUT2D eigenvalue weighted by Crippen LogP contribution is -2.52. The molecule has 5 nitrogen and oxygen atoms in total. The number of aliphatic hydroxyl groups excluding tert-OH is 1. The number of β-amino-alcohol motifs (C(OH)–C–C–N with tert-alkyl or cyclic N) is 1. The molecule has 3 aromatic rings. The lowest BCUT2D eigenvalue weighted by atomic mass is 9.97. The van der Waals surface area contributed by atoms with Gasteiger partial charge in [-0.3, -0.25) is 14.5 Å². The molecule has 0 radical (unpaired) electrons. The minimum Gasteiger partial charge on any atom is -0.391 e. The van der Waals surface area contributed by atoms with Crippen molar-refractivity contribution in [1.82, 2.24) is 9.80 Å². The Labute approximate surface area is 219 Å². The van der Waals surface area contributed by atoms with Gasteiger partial charge < -0.3 is 10.0 Å². The number of hydrogen-bond donors (Lipinski definition) is 1. The maximum Gasteiger partial charge on any atom is 0.240 e. The summed E-state index contributed by atoms with van der Waals surface area (Å²) in [5, 5.41) is 10.5. The largest absolute Gasteiger partial charge is 0.391 e. The van der Waals surface area contributed by atoms with Gasteiger partial charge in [-0.2, -0.15) is 0 Å². The van der Waals surface area contributed by atoms with Crippen molar-refractivity contribution < 1.29 is 14.7 Å². The Morgan fingerprint density at radius 1 is 0.865 bits per heavy atom. The summed E-state index contributed by atoms with van der Waals surface area (Å²) in [6.07, 6.45) is 0.639. The number of aliphatic hydroxyl groups is 1. The summed E-state index contributed by atoms with van der Waals surface area (Å²) in [6, 6.07) is 26.0. The molecule has 3 aromatic carbocycles. The molecule has 2 aliphatic rings. The standard InChI is InChI=1S/C32H36N2O3/c1-22(2)31(33-19-26-10-6-7-11-27(26)20-33)32(37)34-21-28(35)18-29(34)30(36)17-14-23-12-15-25(16-13-23)24-8-4-3-5-9-24/h3-13,15-16,22,28-29,31,35H,14,17-21H2,1-2H3/t28-,29+,31+/m1/s1. The van der Waals surface area contributed by atoms with Crippen molar-refractivity contribution in [2.75, 3.05) is 6.54 Å². The van der Waals surface area contributed by atoms with Gasteiger partial charge in [0.15, 0.2) is 5.78 Å². The number of fused-ring (bicyclic) bond motifs is 1. The van der Waals surface area contributed by atoms with Gasteiger partial charge in [0.05, 0.1) is 18.2 Å². The highest BCUT2D eigenvalue weighted by atomic mass is 16.3. The fourth-order valence-electron chi connectivity index (χ4n) is 5.88. The molecule has 0 aromatic heterocycles. The minimum atomic E-state index is -0.661. The van der Waals surface area contributed by atoms with E-state index < -0.39 is 12.1 Å². The highest BCUT2D eigenvalue weighted by Gasteiger charge is 2.43. The molecule has 1 N–H and O–H groups in total. The molecule has 1 amide bonds. The third-order valence-electron chi connectivity index (χ3n) is 7.80. The predicted molar refractivity (Wildman–Crippen MR) is 146 cm³/mol. The van der Waals surface area contributed by atoms with Gasteiger partial charge in [-0.05, 0) is 40.2 Å². The van der Waals surface area contributed by atoms with Crippen molar-refractivity contribution in [2.45, 2.75) is 64.4 Å². The molecule has 0 bridgehead atoms. The number of rotatable bonds is 8. The summed E-state index contributed by atoms with van der Waals surface area (Å²) in [6.45, 7) is 5.82. The molecule has 37 heavy (non-hydrogen) atoms. The smallest absolute Gasteiger partial charge is 0.240 e. The quantitative estimate of drug-likeness (QED) is 0.484. The molecule has 3 atom stereocenters. The van der Waals surface area contributed by atoms with Gasteiger partial charge in [0, 0.05) is 32.5 Å². The van der Waals surface area contributed by atoms with Crippen LogP contribution in [0, 0.1) is 5.92 Å². The van der Waals surface area contributed by atoms with E-state index in [0.717, 1.165) is 24.2 Å². The van der Waals surface area contributed by atoms with Crippen LogP contribution in [0.3, 0.4) is 0 Å². The van der Waals surface area contributed by atoms with Crippen molar-refractivity contribution in [3.63, 3.8) is 0 Å². The Bertz CT molecular complexity index is 1210. The second kappa shape index (κ2) is 11.0. The van der Waals surface area contributed by atoms with E-state index in [1.165, 1.54) is 16.7 Å². The van der Waals surface area contributed by atoms with Crippen molar-refractivity contribution in [3.8, 4) is 11.1 Å². The normalized spacial score (nSPS) is 20.3. The Morgan fingerprint density at radius 2 is 1.46 bits per heavy atom. The number of likely N-dealkylation sites (tertiary alicyclic amines) is 1. The van der Waals surface area contributed by atoms with E-state index in [0.29, 0.717) is 19.3 Å². The Hall–Kier alpha value is -3.28. The first-order valence-corrected chi connectivity index (χ1v) is 13.4. The molecule has 5 rings (SSSR count). The highest BCUT2D eigenvalue weighted by molar-refractivity contribution is 5.92. The van der Waals surface area contributed by atoms with Gasteiger partial charge >= 0.3 is 0 Å². The molecule has 2 heterocycles. The highest BCUT2D eigenvalue weighted by Crippen LogP contribution is 2.30. The summed E-state index contributed by atoms with van der Waals surface area (Å²) in [5.74, 6) is 0.0904. The van der Waals surface area contributed by atoms with E-state index >= 15 is 0 Å². The van der Waals surface area contributed by atoms with E-state index in [1.807, 2.05) is 30.3 Å². The SMILES string of the molecule is CC(C)[C@@H](C(=O)N1C[C@H](O)C[C@H]1C(=O)CCc1ccc(-c2ccccc2)cc1)N1Cc2ccccc2C1. The van der Waals surface area contributed by atoms with Crippen molar-refractivity contribution in [3.05, 3.63) is 95.6 Å². The van der Waals surface area contributed by atoms with E-state index in [-0.39, 0.29) is 30.2 Å². The molecule has 0 unspecified atom stereocenters. The first-order valence-electron chi connectivity index (χ1n) is 13.4. The van der Waals surface area contributed by atoms with Crippen LogP contribution in [0.25, 0.3) is 11.1 Å². The number of hydrogen-bond acceptors (Lipinski definition) is 4. The minimum absolute atomic E-state index is 0.0317. The fourth-order valence-corrected chi connectivity index (χ4v) is 5.88. The van der Waals surface area contributed by atoms with Gasteiger partial charge in [0.25, 0.3) is 0 Å². The van der Waals surface area contributed by atoms with Crippen LogP contribution in [-0.2, 0) is 29.1 Å². The van der Waals surface area contributed by atoms with Crippen molar-refractivity contribution in [2.24, 2.45) is 5.92 Å². The monoisotopic (exact) mass is 496 g/mol. The molecule has 0 spiro atoms. The van der Waals surface area contributed by atoms with Crippen molar-refractivity contribution in [1.29, 1.82) is 0 Å². The first kappa shape index (κ1) is 25.4. The third-order valence-corrected chi connectivity index (χ3v) is 7.80. The van der Waals surface area contributed by atoms with Crippen LogP contribution in [0.2, 0.25) is 0 Å². The number of carbonyl (C=O) groups excluding carboxylic acids is 2. The number of ketones is 1. The zero-order valence-corrected chi connectivity index (χ0v) is 21.7. The molecule has 1 saturated heterocycles. The van der Waals surface area contributed by atoms with E-state index in [1.54, 1.807) is 4.90 Å². The average molecular weight is 497 g/mol. The zero-order chi connectivity index (χ0) is 25.9. The summed E-state index contributed by atoms with van der Waals surface area (Å²) in [4.78, 5) is 31.1. The lowest BCUT2D eigenvalue weighted by Gasteiger charge is -2.35. The summed E-state index contributed by atoms with van der Waals surface area (Å²) in [7, 11) is 0.